The average molecular weight is 168 g/mol. The lowest BCUT2D eigenvalue weighted by atomic mass is 10.2. The van der Waals surface area contributed by atoms with Crippen LogP contribution in [0, 0.1) is 0 Å². The minimum Gasteiger partial charge on any atom is -0.324 e. The van der Waals surface area contributed by atoms with Gasteiger partial charge in [-0.05, 0) is 6.42 Å². The van der Waals surface area contributed by atoms with Gasteiger partial charge < -0.3 is 5.73 Å². The molecule has 0 aliphatic carbocycles. The van der Waals surface area contributed by atoms with Crippen molar-refractivity contribution in [2.24, 2.45) is 5.73 Å². The van der Waals surface area contributed by atoms with E-state index in [1.165, 1.54) is 12.8 Å². The van der Waals surface area contributed by atoms with Gasteiger partial charge in [0.25, 0.3) is 0 Å². The summed E-state index contributed by atoms with van der Waals surface area (Å²) < 4.78 is 1.88. The first-order valence-electron chi connectivity index (χ1n) is 4.45. The third-order valence-corrected chi connectivity index (χ3v) is 1.85. The number of hydrogen-bond acceptors (Lipinski definition) is 3. The summed E-state index contributed by atoms with van der Waals surface area (Å²) in [6.45, 7) is 3.61. The first-order chi connectivity index (χ1) is 5.88. The molecule has 1 heterocycles. The Morgan fingerprint density at radius 2 is 2.33 bits per heavy atom. The number of unbranched alkanes of at least 4 members (excludes halogenated alkanes) is 2. The van der Waals surface area contributed by atoms with Crippen LogP contribution in [0.1, 0.15) is 32.0 Å². The highest BCUT2D eigenvalue weighted by Gasteiger charge is 1.99. The molecule has 12 heavy (non-hydrogen) atoms. The molecule has 68 valence electrons. The second-order valence-electron chi connectivity index (χ2n) is 2.81. The van der Waals surface area contributed by atoms with E-state index in [4.69, 9.17) is 5.73 Å². The van der Waals surface area contributed by atoms with Crippen LogP contribution in [0.3, 0.4) is 0 Å². The third-order valence-electron chi connectivity index (χ3n) is 1.85. The molecular weight excluding hydrogens is 152 g/mol. The van der Waals surface area contributed by atoms with Crippen molar-refractivity contribution in [1.29, 1.82) is 0 Å². The molecule has 0 unspecified atom stereocenters. The summed E-state index contributed by atoms with van der Waals surface area (Å²) in [6, 6.07) is 0. The Hall–Kier alpha value is -0.900. The van der Waals surface area contributed by atoms with E-state index in [0.29, 0.717) is 6.54 Å². The van der Waals surface area contributed by atoms with Crippen LogP contribution < -0.4 is 5.73 Å². The lowest BCUT2D eigenvalue weighted by molar-refractivity contribution is 0.531. The van der Waals surface area contributed by atoms with Crippen LogP contribution in [0.5, 0.6) is 0 Å². The second kappa shape index (κ2) is 4.87. The molecule has 0 saturated heterocycles. The van der Waals surface area contributed by atoms with Gasteiger partial charge in [0.15, 0.2) is 0 Å². The van der Waals surface area contributed by atoms with Gasteiger partial charge >= 0.3 is 0 Å². The maximum Gasteiger partial charge on any atom is 0.140 e. The average Bonchev–Trinajstić information content (AvgIpc) is 2.52. The first-order valence-corrected chi connectivity index (χ1v) is 4.45. The highest BCUT2D eigenvalue weighted by molar-refractivity contribution is 4.81. The predicted molar refractivity (Wildman–Crippen MR) is 47.4 cm³/mol. The summed E-state index contributed by atoms with van der Waals surface area (Å²) in [4.78, 5) is 4.04. The third kappa shape index (κ3) is 2.30. The summed E-state index contributed by atoms with van der Waals surface area (Å²) in [5.74, 6) is 0.881. The zero-order valence-electron chi connectivity index (χ0n) is 7.53. The molecule has 1 aromatic heterocycles. The zero-order valence-corrected chi connectivity index (χ0v) is 7.53. The fourth-order valence-electron chi connectivity index (χ4n) is 1.14. The van der Waals surface area contributed by atoms with Gasteiger partial charge in [-0.15, -0.1) is 0 Å². The molecule has 0 amide bonds. The van der Waals surface area contributed by atoms with Crippen molar-refractivity contribution in [3.63, 3.8) is 0 Å². The number of aryl methyl sites for hydroxylation is 1. The molecular formula is C8H16N4. The Bertz CT molecular complexity index is 219. The monoisotopic (exact) mass is 168 g/mol. The minimum absolute atomic E-state index is 0.478. The van der Waals surface area contributed by atoms with Gasteiger partial charge in [-0.3, -0.25) is 0 Å². The van der Waals surface area contributed by atoms with E-state index in [0.717, 1.165) is 18.8 Å². The molecule has 4 heteroatoms. The topological polar surface area (TPSA) is 56.7 Å². The van der Waals surface area contributed by atoms with Crippen LogP contribution in [-0.2, 0) is 13.1 Å². The molecule has 0 radical (unpaired) electrons. The van der Waals surface area contributed by atoms with Crippen LogP contribution in [0.2, 0.25) is 0 Å². The molecule has 0 aromatic carbocycles. The SMILES string of the molecule is CCCCCn1ncnc1CN. The van der Waals surface area contributed by atoms with Crippen molar-refractivity contribution in [3.8, 4) is 0 Å². The number of aromatic nitrogens is 3. The standard InChI is InChI=1S/C8H16N4/c1-2-3-4-5-12-8(6-9)10-7-11-12/h7H,2-6,9H2,1H3. The minimum atomic E-state index is 0.478. The number of rotatable bonds is 5. The fraction of sp³-hybridized carbons (Fsp3) is 0.750. The Kier molecular flexibility index (Phi) is 3.73. The molecule has 0 bridgehead atoms. The molecule has 0 saturated carbocycles. The highest BCUT2D eigenvalue weighted by Crippen LogP contribution is 1.99. The molecule has 1 rings (SSSR count). The van der Waals surface area contributed by atoms with Crippen LogP contribution >= 0.6 is 0 Å². The van der Waals surface area contributed by atoms with Crippen LogP contribution in [0.15, 0.2) is 6.33 Å². The smallest absolute Gasteiger partial charge is 0.140 e. The maximum atomic E-state index is 5.48. The summed E-state index contributed by atoms with van der Waals surface area (Å²) in [7, 11) is 0. The lowest BCUT2D eigenvalue weighted by Crippen LogP contribution is -2.09. The van der Waals surface area contributed by atoms with Crippen molar-refractivity contribution in [1.82, 2.24) is 14.8 Å². The van der Waals surface area contributed by atoms with E-state index >= 15 is 0 Å². The largest absolute Gasteiger partial charge is 0.324 e. The Morgan fingerprint density at radius 3 is 3.00 bits per heavy atom. The van der Waals surface area contributed by atoms with E-state index < -0.39 is 0 Å². The zero-order chi connectivity index (χ0) is 8.81. The van der Waals surface area contributed by atoms with Crippen LogP contribution in [-0.4, -0.2) is 14.8 Å². The van der Waals surface area contributed by atoms with Crippen molar-refractivity contribution in [3.05, 3.63) is 12.2 Å². The van der Waals surface area contributed by atoms with Crippen LogP contribution in [0.4, 0.5) is 0 Å². The summed E-state index contributed by atoms with van der Waals surface area (Å²) in [5.41, 5.74) is 5.48. The van der Waals surface area contributed by atoms with Gasteiger partial charge in [0.05, 0.1) is 6.54 Å². The van der Waals surface area contributed by atoms with Gasteiger partial charge in [0.2, 0.25) is 0 Å². The molecule has 2 N–H and O–H groups in total. The molecule has 0 atom stereocenters. The van der Waals surface area contributed by atoms with Crippen molar-refractivity contribution in [2.45, 2.75) is 39.3 Å². The van der Waals surface area contributed by atoms with Crippen molar-refractivity contribution < 1.29 is 0 Å². The Balaban J connectivity index is 2.39. The van der Waals surface area contributed by atoms with Crippen molar-refractivity contribution >= 4 is 0 Å². The van der Waals surface area contributed by atoms with E-state index in [1.54, 1.807) is 6.33 Å². The molecule has 4 nitrogen and oxygen atoms in total. The van der Waals surface area contributed by atoms with E-state index in [2.05, 4.69) is 17.0 Å². The van der Waals surface area contributed by atoms with E-state index in [1.807, 2.05) is 4.68 Å². The van der Waals surface area contributed by atoms with Gasteiger partial charge in [-0.25, -0.2) is 9.67 Å². The fourth-order valence-corrected chi connectivity index (χ4v) is 1.14. The number of nitrogens with zero attached hydrogens (tertiary/aromatic N) is 3. The van der Waals surface area contributed by atoms with Gasteiger partial charge in [-0.1, -0.05) is 19.8 Å². The van der Waals surface area contributed by atoms with Crippen molar-refractivity contribution in [2.75, 3.05) is 0 Å². The normalized spacial score (nSPS) is 10.5. The Morgan fingerprint density at radius 1 is 1.50 bits per heavy atom. The summed E-state index contributed by atoms with van der Waals surface area (Å²) in [6.07, 6.45) is 5.19. The van der Waals surface area contributed by atoms with E-state index in [9.17, 15) is 0 Å². The quantitative estimate of drug-likeness (QED) is 0.665. The van der Waals surface area contributed by atoms with Gasteiger partial charge in [0, 0.05) is 6.54 Å². The number of hydrogen-bond donors (Lipinski definition) is 1. The van der Waals surface area contributed by atoms with Crippen LogP contribution in [0.25, 0.3) is 0 Å². The Labute approximate surface area is 72.8 Å². The van der Waals surface area contributed by atoms with E-state index in [-0.39, 0.29) is 0 Å². The molecule has 0 aliphatic heterocycles. The first kappa shape index (κ1) is 9.19. The van der Waals surface area contributed by atoms with Gasteiger partial charge in [0.1, 0.15) is 12.2 Å². The predicted octanol–water partition coefficient (Wildman–Crippen LogP) is 0.927. The molecule has 1 aromatic rings. The molecule has 0 aliphatic rings. The summed E-state index contributed by atoms with van der Waals surface area (Å²) >= 11 is 0. The highest BCUT2D eigenvalue weighted by atomic mass is 15.3. The second-order valence-corrected chi connectivity index (χ2v) is 2.81. The molecule has 0 fully saturated rings. The molecule has 0 spiro atoms. The lowest BCUT2D eigenvalue weighted by Gasteiger charge is -2.02. The summed E-state index contributed by atoms with van der Waals surface area (Å²) in [5, 5.41) is 4.08. The maximum absolute atomic E-state index is 5.48. The van der Waals surface area contributed by atoms with Gasteiger partial charge in [-0.2, -0.15) is 5.10 Å². The number of nitrogens with two attached hydrogens (primary N) is 1.